The maximum atomic E-state index is 3.82. The lowest BCUT2D eigenvalue weighted by atomic mass is 9.75. The minimum absolute atomic E-state index is 0.115. The first-order chi connectivity index (χ1) is 19.2. The number of anilines is 2. The van der Waals surface area contributed by atoms with Crippen molar-refractivity contribution in [1.29, 1.82) is 0 Å². The lowest BCUT2D eigenvalue weighted by Crippen LogP contribution is -2.21. The number of hydrogen-bond acceptors (Lipinski definition) is 1. The van der Waals surface area contributed by atoms with Crippen molar-refractivity contribution in [3.63, 3.8) is 0 Å². The van der Waals surface area contributed by atoms with E-state index in [0.717, 1.165) is 6.42 Å². The summed E-state index contributed by atoms with van der Waals surface area (Å²) in [4.78, 5) is 5.79. The van der Waals surface area contributed by atoms with Crippen LogP contribution in [-0.2, 0) is 5.41 Å². The van der Waals surface area contributed by atoms with Crippen LogP contribution in [-0.4, -0.2) is 12.0 Å². The van der Waals surface area contributed by atoms with E-state index in [1.807, 2.05) is 26.0 Å². The summed E-state index contributed by atoms with van der Waals surface area (Å²) in [5.41, 5.74) is 8.49. The van der Waals surface area contributed by atoms with Gasteiger partial charge in [-0.05, 0) is 87.2 Å². The Labute approximate surface area is 243 Å². The van der Waals surface area contributed by atoms with E-state index in [-0.39, 0.29) is 5.41 Å². The molecule has 0 fully saturated rings. The monoisotopic (exact) mass is 532 g/mol. The van der Waals surface area contributed by atoms with Gasteiger partial charge in [0.05, 0.1) is 0 Å². The van der Waals surface area contributed by atoms with Gasteiger partial charge in [-0.1, -0.05) is 94.1 Å². The smallest absolute Gasteiger partial charge is 0.0466 e. The van der Waals surface area contributed by atoms with Gasteiger partial charge in [-0.25, -0.2) is 0 Å². The molecule has 0 saturated carbocycles. The zero-order valence-corrected chi connectivity index (χ0v) is 25.9. The van der Waals surface area contributed by atoms with Crippen LogP contribution < -0.4 is 4.90 Å². The summed E-state index contributed by atoms with van der Waals surface area (Å²) < 4.78 is 0. The van der Waals surface area contributed by atoms with E-state index < -0.39 is 0 Å². The average Bonchev–Trinajstić information content (AvgIpc) is 3.32. The molecule has 0 spiro atoms. The fourth-order valence-electron chi connectivity index (χ4n) is 4.91. The van der Waals surface area contributed by atoms with E-state index in [4.69, 9.17) is 0 Å². The van der Waals surface area contributed by atoms with Crippen molar-refractivity contribution in [3.05, 3.63) is 133 Å². The molecule has 2 heteroatoms. The Morgan fingerprint density at radius 3 is 2.12 bits per heavy atom. The highest BCUT2D eigenvalue weighted by molar-refractivity contribution is 6.08. The number of para-hydroxylation sites is 1. The van der Waals surface area contributed by atoms with Crippen LogP contribution in [0.15, 0.2) is 122 Å². The van der Waals surface area contributed by atoms with Crippen molar-refractivity contribution in [1.82, 2.24) is 4.98 Å². The predicted molar refractivity (Wildman–Crippen MR) is 182 cm³/mol. The van der Waals surface area contributed by atoms with Crippen molar-refractivity contribution in [2.24, 2.45) is 0 Å². The number of nitrogens with one attached hydrogen (secondary N) is 1. The highest BCUT2D eigenvalue weighted by atomic mass is 15.1. The maximum absolute atomic E-state index is 3.82. The third-order valence-corrected chi connectivity index (χ3v) is 7.07. The third-order valence-electron chi connectivity index (χ3n) is 7.07. The number of aryl methyl sites for hydroxylation is 1. The van der Waals surface area contributed by atoms with E-state index in [1.165, 1.54) is 49.9 Å². The molecule has 0 unspecified atom stereocenters. The van der Waals surface area contributed by atoms with Gasteiger partial charge in [-0.15, -0.1) is 6.58 Å². The molecular weight excluding hydrogens is 484 g/mol. The summed E-state index contributed by atoms with van der Waals surface area (Å²) >= 11 is 0. The molecule has 0 aliphatic rings. The average molecular weight is 533 g/mol. The van der Waals surface area contributed by atoms with Crippen molar-refractivity contribution < 1.29 is 0 Å². The normalized spacial score (nSPS) is 11.8. The molecule has 0 aliphatic heterocycles. The fraction of sp³-hybridized carbons (Fsp3) is 0.263. The number of H-pyrrole nitrogens is 1. The summed E-state index contributed by atoms with van der Waals surface area (Å²) in [6.07, 6.45) is 15.3. The number of aromatic amines is 1. The van der Waals surface area contributed by atoms with Gasteiger partial charge in [0.2, 0.25) is 0 Å². The number of nitrogens with zero attached hydrogens (tertiary/aromatic N) is 1. The number of aromatic nitrogens is 1. The van der Waals surface area contributed by atoms with Gasteiger partial charge in [0.15, 0.2) is 0 Å². The number of rotatable bonds is 7. The molecular formula is C38H48N2. The Morgan fingerprint density at radius 2 is 1.52 bits per heavy atom. The minimum atomic E-state index is -0.115. The largest absolute Gasteiger partial charge is 0.355 e. The molecule has 1 aromatic heterocycles. The molecule has 0 atom stereocenters. The van der Waals surface area contributed by atoms with Gasteiger partial charge < -0.3 is 9.88 Å². The summed E-state index contributed by atoms with van der Waals surface area (Å²) in [5, 5.41) is 2.51. The van der Waals surface area contributed by atoms with Gasteiger partial charge in [-0.2, -0.15) is 0 Å². The molecule has 1 heterocycles. The first-order valence-electron chi connectivity index (χ1n) is 14.2. The molecule has 2 nitrogen and oxygen atoms in total. The Kier molecular flexibility index (Phi) is 12.5. The van der Waals surface area contributed by atoms with Crippen LogP contribution in [0.1, 0.15) is 59.1 Å². The van der Waals surface area contributed by atoms with Crippen LogP contribution in [0, 0.1) is 6.92 Å². The predicted octanol–water partition coefficient (Wildman–Crippen LogP) is 11.5. The van der Waals surface area contributed by atoms with Crippen LogP contribution in [0.25, 0.3) is 21.8 Å². The van der Waals surface area contributed by atoms with E-state index in [1.54, 1.807) is 6.08 Å². The number of allylic oxidation sites excluding steroid dienone is 8. The highest BCUT2D eigenvalue weighted by Gasteiger charge is 2.26. The Hall–Kier alpha value is -4.04. The van der Waals surface area contributed by atoms with Gasteiger partial charge in [0.25, 0.3) is 0 Å². The summed E-state index contributed by atoms with van der Waals surface area (Å²) in [6.45, 7) is 22.1. The minimum Gasteiger partial charge on any atom is -0.355 e. The lowest BCUT2D eigenvalue weighted by Gasteiger charge is -2.31. The van der Waals surface area contributed by atoms with Crippen molar-refractivity contribution in [3.8, 4) is 0 Å². The van der Waals surface area contributed by atoms with E-state index >= 15 is 0 Å². The van der Waals surface area contributed by atoms with Crippen LogP contribution >= 0.6 is 0 Å². The van der Waals surface area contributed by atoms with Gasteiger partial charge in [0.1, 0.15) is 0 Å². The zero-order chi connectivity index (χ0) is 29.7. The Bertz CT molecular complexity index is 1490. The molecule has 3 aromatic carbocycles. The van der Waals surface area contributed by atoms with Crippen LogP contribution in [0.3, 0.4) is 0 Å². The molecule has 0 radical (unpaired) electrons. The number of benzene rings is 3. The second kappa shape index (κ2) is 15.5. The molecule has 4 aromatic rings. The first kappa shape index (κ1) is 32.2. The molecule has 1 N–H and O–H groups in total. The fourth-order valence-corrected chi connectivity index (χ4v) is 4.91. The van der Waals surface area contributed by atoms with E-state index in [0.29, 0.717) is 0 Å². The molecule has 0 amide bonds. The molecule has 4 rings (SSSR count). The zero-order valence-electron chi connectivity index (χ0n) is 25.9. The van der Waals surface area contributed by atoms with Crippen molar-refractivity contribution in [2.45, 2.75) is 60.3 Å². The molecule has 0 aliphatic carbocycles. The van der Waals surface area contributed by atoms with Gasteiger partial charge >= 0.3 is 0 Å². The van der Waals surface area contributed by atoms with E-state index in [2.05, 4.69) is 150 Å². The summed E-state index contributed by atoms with van der Waals surface area (Å²) in [6, 6.07) is 21.9. The number of fused-ring (bicyclic) bond motifs is 3. The van der Waals surface area contributed by atoms with Gasteiger partial charge in [0, 0.05) is 45.6 Å². The number of hydrogen-bond donors (Lipinski definition) is 1. The highest BCUT2D eigenvalue weighted by Crippen LogP contribution is 2.38. The lowest BCUT2D eigenvalue weighted by molar-refractivity contribution is 0.633. The standard InChI is InChI=1S/C30H32N2.C5H10.C3H6/c1-7-9-12-22(8-2)30(4,5)27-20-24(16-15-21(27)3)32(6)23-17-18-29-26(19-23)25-13-10-11-14-28(25)31-29;1-3-5-4-2;1-3-2/h7-20,31H,1H2,2-6H3;3,5H,4H2,1-2H3;3H,1H2,2H3/b12-9-,22-8+;5-3-;. The van der Waals surface area contributed by atoms with E-state index in [9.17, 15) is 0 Å². The maximum Gasteiger partial charge on any atom is 0.0466 e. The quantitative estimate of drug-likeness (QED) is 0.185. The molecule has 0 bridgehead atoms. The second-order valence-corrected chi connectivity index (χ2v) is 10.3. The summed E-state index contributed by atoms with van der Waals surface area (Å²) in [5.74, 6) is 0. The Morgan fingerprint density at radius 1 is 0.900 bits per heavy atom. The van der Waals surface area contributed by atoms with Crippen LogP contribution in [0.2, 0.25) is 0 Å². The second-order valence-electron chi connectivity index (χ2n) is 10.3. The topological polar surface area (TPSA) is 19.0 Å². The Balaban J connectivity index is 0.000000621. The SMILES string of the molecule is C/C=C\CC.C=C/C=C\C(=C/C)C(C)(C)c1cc(N(C)c2ccc3[nH]c4ccccc4c3c2)ccc1C.C=CC. The molecule has 210 valence electrons. The van der Waals surface area contributed by atoms with Crippen LogP contribution in [0.4, 0.5) is 11.4 Å². The van der Waals surface area contributed by atoms with Crippen molar-refractivity contribution in [2.75, 3.05) is 11.9 Å². The first-order valence-corrected chi connectivity index (χ1v) is 14.2. The molecule has 0 saturated heterocycles. The summed E-state index contributed by atoms with van der Waals surface area (Å²) in [7, 11) is 2.14. The third kappa shape index (κ3) is 7.76. The van der Waals surface area contributed by atoms with Crippen molar-refractivity contribution >= 4 is 33.2 Å². The van der Waals surface area contributed by atoms with Crippen LogP contribution in [0.5, 0.6) is 0 Å². The molecule has 40 heavy (non-hydrogen) atoms. The van der Waals surface area contributed by atoms with Gasteiger partial charge in [-0.3, -0.25) is 0 Å².